The van der Waals surface area contributed by atoms with Gasteiger partial charge < -0.3 is 15.5 Å². The fourth-order valence-electron chi connectivity index (χ4n) is 2.32. The minimum Gasteiger partial charge on any atom is -0.330 e. The summed E-state index contributed by atoms with van der Waals surface area (Å²) in [5.41, 5.74) is 5.56. The van der Waals surface area contributed by atoms with Gasteiger partial charge in [0.15, 0.2) is 0 Å². The Kier molecular flexibility index (Phi) is 7.01. The van der Waals surface area contributed by atoms with Gasteiger partial charge in [-0.25, -0.2) is 0 Å². The molecule has 96 valence electrons. The molecule has 1 fully saturated rings. The summed E-state index contributed by atoms with van der Waals surface area (Å²) in [5, 5.41) is 0. The van der Waals surface area contributed by atoms with E-state index in [0.29, 0.717) is 0 Å². The zero-order valence-corrected chi connectivity index (χ0v) is 11.1. The Morgan fingerprint density at radius 2 is 1.81 bits per heavy atom. The highest BCUT2D eigenvalue weighted by atomic mass is 15.2. The molecule has 3 nitrogen and oxygen atoms in total. The van der Waals surface area contributed by atoms with Crippen molar-refractivity contribution < 1.29 is 0 Å². The average molecular weight is 227 g/mol. The molecule has 3 heteroatoms. The Labute approximate surface area is 101 Å². The van der Waals surface area contributed by atoms with Crippen LogP contribution in [0.4, 0.5) is 0 Å². The number of nitrogens with two attached hydrogens (primary N) is 1. The molecule has 1 atom stereocenters. The number of hydrogen-bond acceptors (Lipinski definition) is 3. The van der Waals surface area contributed by atoms with Crippen molar-refractivity contribution in [3.05, 3.63) is 0 Å². The van der Waals surface area contributed by atoms with Crippen LogP contribution in [0.5, 0.6) is 0 Å². The Bertz CT molecular complexity index is 173. The highest BCUT2D eigenvalue weighted by Crippen LogP contribution is 2.08. The smallest absolute Gasteiger partial charge is 0.0109 e. The van der Waals surface area contributed by atoms with Crippen molar-refractivity contribution in [3.8, 4) is 0 Å². The van der Waals surface area contributed by atoms with Crippen LogP contribution >= 0.6 is 0 Å². The standard InChI is InChI=1S/C13H29N3/c1-3-13(2)12-16-9-5-8-15(10-11-16)7-4-6-14/h13H,3-12,14H2,1-2H3. The van der Waals surface area contributed by atoms with E-state index in [1.54, 1.807) is 0 Å². The van der Waals surface area contributed by atoms with Crippen LogP contribution in [-0.2, 0) is 0 Å². The third-order valence-corrected chi connectivity index (χ3v) is 3.63. The van der Waals surface area contributed by atoms with Crippen molar-refractivity contribution in [2.45, 2.75) is 33.1 Å². The molecule has 1 aliphatic heterocycles. The summed E-state index contributed by atoms with van der Waals surface area (Å²) in [5.74, 6) is 0.843. The van der Waals surface area contributed by atoms with Gasteiger partial charge in [-0.1, -0.05) is 20.3 Å². The molecule has 0 radical (unpaired) electrons. The Morgan fingerprint density at radius 3 is 2.50 bits per heavy atom. The summed E-state index contributed by atoms with van der Waals surface area (Å²) in [7, 11) is 0. The van der Waals surface area contributed by atoms with Crippen molar-refractivity contribution in [3.63, 3.8) is 0 Å². The van der Waals surface area contributed by atoms with E-state index < -0.39 is 0 Å². The average Bonchev–Trinajstić information content (AvgIpc) is 2.52. The lowest BCUT2D eigenvalue weighted by atomic mass is 10.1. The Balaban J connectivity index is 2.23. The quantitative estimate of drug-likeness (QED) is 0.744. The molecule has 0 spiro atoms. The van der Waals surface area contributed by atoms with Crippen molar-refractivity contribution in [1.82, 2.24) is 9.80 Å². The van der Waals surface area contributed by atoms with Gasteiger partial charge >= 0.3 is 0 Å². The Hall–Kier alpha value is -0.120. The minimum absolute atomic E-state index is 0.826. The van der Waals surface area contributed by atoms with Gasteiger partial charge in [-0.2, -0.15) is 0 Å². The number of rotatable bonds is 6. The lowest BCUT2D eigenvalue weighted by Gasteiger charge is -2.24. The molecule has 0 aromatic heterocycles. The third kappa shape index (κ3) is 5.28. The van der Waals surface area contributed by atoms with Crippen molar-refractivity contribution in [2.24, 2.45) is 11.7 Å². The van der Waals surface area contributed by atoms with E-state index >= 15 is 0 Å². The van der Waals surface area contributed by atoms with Gasteiger partial charge in [-0.3, -0.25) is 0 Å². The summed E-state index contributed by atoms with van der Waals surface area (Å²) >= 11 is 0. The van der Waals surface area contributed by atoms with Gasteiger partial charge in [0, 0.05) is 19.6 Å². The van der Waals surface area contributed by atoms with Gasteiger partial charge in [-0.05, 0) is 44.9 Å². The molecule has 1 unspecified atom stereocenters. The molecule has 0 saturated carbocycles. The first-order valence-corrected chi connectivity index (χ1v) is 6.91. The van der Waals surface area contributed by atoms with E-state index in [9.17, 15) is 0 Å². The fraction of sp³-hybridized carbons (Fsp3) is 1.00. The summed E-state index contributed by atoms with van der Waals surface area (Å²) in [6.07, 6.45) is 3.76. The maximum absolute atomic E-state index is 5.56. The first kappa shape index (κ1) is 13.9. The van der Waals surface area contributed by atoms with Crippen molar-refractivity contribution >= 4 is 0 Å². The van der Waals surface area contributed by atoms with Crippen LogP contribution < -0.4 is 5.73 Å². The highest BCUT2D eigenvalue weighted by molar-refractivity contribution is 4.71. The fourth-order valence-corrected chi connectivity index (χ4v) is 2.32. The summed E-state index contributed by atoms with van der Waals surface area (Å²) in [4.78, 5) is 5.21. The minimum atomic E-state index is 0.826. The van der Waals surface area contributed by atoms with Crippen LogP contribution in [0, 0.1) is 5.92 Å². The van der Waals surface area contributed by atoms with Crippen LogP contribution in [0.2, 0.25) is 0 Å². The summed E-state index contributed by atoms with van der Waals surface area (Å²) < 4.78 is 0. The molecule has 0 aliphatic carbocycles. The molecule has 1 rings (SSSR count). The van der Waals surface area contributed by atoms with E-state index in [1.807, 2.05) is 0 Å². The van der Waals surface area contributed by atoms with Crippen LogP contribution in [-0.4, -0.2) is 55.6 Å². The predicted molar refractivity (Wildman–Crippen MR) is 70.6 cm³/mol. The normalized spacial score (nSPS) is 21.9. The van der Waals surface area contributed by atoms with Crippen molar-refractivity contribution in [1.29, 1.82) is 0 Å². The largest absolute Gasteiger partial charge is 0.330 e. The van der Waals surface area contributed by atoms with Gasteiger partial charge in [0.2, 0.25) is 0 Å². The van der Waals surface area contributed by atoms with Crippen molar-refractivity contribution in [2.75, 3.05) is 45.8 Å². The molecule has 16 heavy (non-hydrogen) atoms. The van der Waals surface area contributed by atoms with Crippen LogP contribution in [0.1, 0.15) is 33.1 Å². The molecule has 0 bridgehead atoms. The van der Waals surface area contributed by atoms with Crippen LogP contribution in [0.3, 0.4) is 0 Å². The van der Waals surface area contributed by atoms with E-state index in [2.05, 4.69) is 23.6 Å². The zero-order valence-electron chi connectivity index (χ0n) is 11.1. The summed E-state index contributed by atoms with van der Waals surface area (Å²) in [6.45, 7) is 13.0. The maximum Gasteiger partial charge on any atom is 0.0109 e. The van der Waals surface area contributed by atoms with E-state index in [1.165, 1.54) is 52.1 Å². The number of hydrogen-bond donors (Lipinski definition) is 1. The highest BCUT2D eigenvalue weighted by Gasteiger charge is 2.15. The Morgan fingerprint density at radius 1 is 1.12 bits per heavy atom. The monoisotopic (exact) mass is 227 g/mol. The third-order valence-electron chi connectivity index (χ3n) is 3.63. The van der Waals surface area contributed by atoms with E-state index in [0.717, 1.165) is 18.9 Å². The SMILES string of the molecule is CCC(C)CN1CCCN(CCCN)CC1. The molecule has 1 saturated heterocycles. The molecular formula is C13H29N3. The molecule has 2 N–H and O–H groups in total. The van der Waals surface area contributed by atoms with Gasteiger partial charge in [0.05, 0.1) is 0 Å². The topological polar surface area (TPSA) is 32.5 Å². The first-order valence-electron chi connectivity index (χ1n) is 6.91. The second-order valence-corrected chi connectivity index (χ2v) is 5.15. The first-order chi connectivity index (χ1) is 7.76. The number of nitrogens with zero attached hydrogens (tertiary/aromatic N) is 2. The lowest BCUT2D eigenvalue weighted by Crippen LogP contribution is -2.34. The molecular weight excluding hydrogens is 198 g/mol. The van der Waals surface area contributed by atoms with Crippen LogP contribution in [0.15, 0.2) is 0 Å². The molecule has 1 aliphatic rings. The van der Waals surface area contributed by atoms with E-state index in [4.69, 9.17) is 5.73 Å². The predicted octanol–water partition coefficient (Wildman–Crippen LogP) is 1.39. The van der Waals surface area contributed by atoms with Gasteiger partial charge in [-0.15, -0.1) is 0 Å². The molecule has 1 heterocycles. The second kappa shape index (κ2) is 8.04. The summed E-state index contributed by atoms with van der Waals surface area (Å²) in [6, 6.07) is 0. The van der Waals surface area contributed by atoms with Crippen LogP contribution in [0.25, 0.3) is 0 Å². The van der Waals surface area contributed by atoms with Gasteiger partial charge in [0.25, 0.3) is 0 Å². The lowest BCUT2D eigenvalue weighted by molar-refractivity contribution is 0.230. The molecule has 0 aromatic carbocycles. The zero-order chi connectivity index (χ0) is 11.8. The molecule has 0 amide bonds. The molecule has 0 aromatic rings. The maximum atomic E-state index is 5.56. The van der Waals surface area contributed by atoms with Gasteiger partial charge in [0.1, 0.15) is 0 Å². The second-order valence-electron chi connectivity index (χ2n) is 5.15. The van der Waals surface area contributed by atoms with E-state index in [-0.39, 0.29) is 0 Å².